The zero-order chi connectivity index (χ0) is 11.0. The summed E-state index contributed by atoms with van der Waals surface area (Å²) in [6.45, 7) is 2.12. The van der Waals surface area contributed by atoms with Crippen molar-refractivity contribution in [2.45, 2.75) is 51.2 Å². The molecule has 0 aliphatic heterocycles. The van der Waals surface area contributed by atoms with Crippen LogP contribution in [-0.4, -0.2) is 35.1 Å². The van der Waals surface area contributed by atoms with Crippen molar-refractivity contribution in [2.24, 2.45) is 11.8 Å². The number of aliphatic hydroxyl groups excluding tert-OH is 1. The van der Waals surface area contributed by atoms with Crippen LogP contribution in [-0.2, 0) is 4.79 Å². The normalized spacial score (nSPS) is 39.9. The van der Waals surface area contributed by atoms with Crippen LogP contribution in [0.3, 0.4) is 0 Å². The molecule has 2 saturated carbocycles. The van der Waals surface area contributed by atoms with Gasteiger partial charge in [0.2, 0.25) is 5.91 Å². The van der Waals surface area contributed by atoms with Crippen LogP contribution in [0, 0.1) is 11.8 Å². The first-order chi connectivity index (χ1) is 7.11. The van der Waals surface area contributed by atoms with Crippen molar-refractivity contribution in [3.05, 3.63) is 0 Å². The van der Waals surface area contributed by atoms with Crippen LogP contribution >= 0.6 is 0 Å². The predicted molar refractivity (Wildman–Crippen MR) is 58.3 cm³/mol. The average molecular weight is 211 g/mol. The number of rotatable bonds is 2. The van der Waals surface area contributed by atoms with E-state index in [2.05, 4.69) is 6.92 Å². The third kappa shape index (κ3) is 2.17. The molecule has 3 heteroatoms. The summed E-state index contributed by atoms with van der Waals surface area (Å²) >= 11 is 0. The van der Waals surface area contributed by atoms with Gasteiger partial charge < -0.3 is 10.0 Å². The van der Waals surface area contributed by atoms with Gasteiger partial charge in [0.05, 0.1) is 12.1 Å². The van der Waals surface area contributed by atoms with E-state index in [1.54, 1.807) is 4.90 Å². The lowest BCUT2D eigenvalue weighted by molar-refractivity contribution is -0.137. The first-order valence-electron chi connectivity index (χ1n) is 6.06. The van der Waals surface area contributed by atoms with Crippen molar-refractivity contribution in [1.29, 1.82) is 0 Å². The van der Waals surface area contributed by atoms with E-state index >= 15 is 0 Å². The quantitative estimate of drug-likeness (QED) is 0.750. The molecule has 4 atom stereocenters. The van der Waals surface area contributed by atoms with Gasteiger partial charge in [-0.15, -0.1) is 0 Å². The summed E-state index contributed by atoms with van der Waals surface area (Å²) in [5.74, 6) is 1.04. The highest BCUT2D eigenvalue weighted by atomic mass is 16.3. The van der Waals surface area contributed by atoms with Crippen LogP contribution in [0.15, 0.2) is 0 Å². The molecule has 0 aromatic rings. The van der Waals surface area contributed by atoms with Crippen molar-refractivity contribution < 1.29 is 9.90 Å². The zero-order valence-electron chi connectivity index (χ0n) is 9.65. The van der Waals surface area contributed by atoms with Gasteiger partial charge in [-0.25, -0.2) is 0 Å². The minimum atomic E-state index is -0.304. The van der Waals surface area contributed by atoms with Gasteiger partial charge in [0.15, 0.2) is 0 Å². The fraction of sp³-hybridized carbons (Fsp3) is 0.917. The second kappa shape index (κ2) is 4.12. The highest BCUT2D eigenvalue weighted by Crippen LogP contribution is 2.40. The number of nitrogens with zero attached hydrogens (tertiary/aromatic N) is 1. The third-order valence-electron chi connectivity index (χ3n) is 3.97. The minimum absolute atomic E-state index is 0.0686. The molecule has 86 valence electrons. The maximum Gasteiger partial charge on any atom is 0.226 e. The molecule has 2 aliphatic carbocycles. The molecular weight excluding hydrogens is 190 g/mol. The topological polar surface area (TPSA) is 40.5 Å². The van der Waals surface area contributed by atoms with Crippen LogP contribution in [0.1, 0.15) is 39.0 Å². The summed E-state index contributed by atoms with van der Waals surface area (Å²) in [5, 5.41) is 9.86. The van der Waals surface area contributed by atoms with Gasteiger partial charge in [0, 0.05) is 13.0 Å². The summed E-state index contributed by atoms with van der Waals surface area (Å²) < 4.78 is 0. The molecule has 1 amide bonds. The second-order valence-electron chi connectivity index (χ2n) is 5.19. The summed E-state index contributed by atoms with van der Waals surface area (Å²) in [4.78, 5) is 13.8. The average Bonchev–Trinajstić information content (AvgIpc) is 2.94. The highest BCUT2D eigenvalue weighted by molar-refractivity contribution is 5.81. The van der Waals surface area contributed by atoms with E-state index in [0.717, 1.165) is 32.1 Å². The number of carbonyl (C=O) groups excluding carboxylic acids is 1. The van der Waals surface area contributed by atoms with Crippen LogP contribution in [0.4, 0.5) is 0 Å². The van der Waals surface area contributed by atoms with E-state index < -0.39 is 0 Å². The van der Waals surface area contributed by atoms with Crippen LogP contribution in [0.2, 0.25) is 0 Å². The maximum atomic E-state index is 12.0. The molecule has 1 N–H and O–H groups in total. The Bertz CT molecular complexity index is 254. The number of aliphatic hydroxyl groups is 1. The third-order valence-corrected chi connectivity index (χ3v) is 3.97. The lowest BCUT2D eigenvalue weighted by Crippen LogP contribution is -2.47. The Morgan fingerprint density at radius 2 is 1.93 bits per heavy atom. The summed E-state index contributed by atoms with van der Waals surface area (Å²) in [7, 11) is 1.85. The van der Waals surface area contributed by atoms with E-state index in [0.29, 0.717) is 5.92 Å². The van der Waals surface area contributed by atoms with Gasteiger partial charge in [-0.3, -0.25) is 4.79 Å². The van der Waals surface area contributed by atoms with Gasteiger partial charge in [0.25, 0.3) is 0 Å². The van der Waals surface area contributed by atoms with Gasteiger partial charge in [0.1, 0.15) is 0 Å². The molecule has 0 saturated heterocycles. The monoisotopic (exact) mass is 211 g/mol. The summed E-state index contributed by atoms with van der Waals surface area (Å²) in [6, 6.07) is 0.0686. The molecule has 0 bridgehead atoms. The van der Waals surface area contributed by atoms with Crippen LogP contribution in [0.5, 0.6) is 0 Å². The van der Waals surface area contributed by atoms with Gasteiger partial charge in [-0.2, -0.15) is 0 Å². The first kappa shape index (κ1) is 10.9. The Hall–Kier alpha value is -0.570. The molecule has 2 fully saturated rings. The highest BCUT2D eigenvalue weighted by Gasteiger charge is 2.43. The summed E-state index contributed by atoms with van der Waals surface area (Å²) in [6.07, 6.45) is 4.78. The largest absolute Gasteiger partial charge is 0.391 e. The van der Waals surface area contributed by atoms with Gasteiger partial charge in [-0.1, -0.05) is 19.8 Å². The van der Waals surface area contributed by atoms with Crippen molar-refractivity contribution in [3.63, 3.8) is 0 Å². The molecule has 0 aromatic heterocycles. The minimum Gasteiger partial charge on any atom is -0.391 e. The Morgan fingerprint density at radius 3 is 2.47 bits per heavy atom. The molecule has 0 aromatic carbocycles. The lowest BCUT2D eigenvalue weighted by atomic mass is 9.91. The van der Waals surface area contributed by atoms with Gasteiger partial charge in [-0.05, 0) is 25.2 Å². The molecule has 4 unspecified atom stereocenters. The van der Waals surface area contributed by atoms with E-state index in [1.807, 2.05) is 7.05 Å². The van der Waals surface area contributed by atoms with Crippen LogP contribution < -0.4 is 0 Å². The fourth-order valence-corrected chi connectivity index (χ4v) is 2.63. The Labute approximate surface area is 91.5 Å². The molecule has 0 heterocycles. The van der Waals surface area contributed by atoms with E-state index in [-0.39, 0.29) is 24.0 Å². The summed E-state index contributed by atoms with van der Waals surface area (Å²) in [5.41, 5.74) is 0. The molecule has 3 nitrogen and oxygen atoms in total. The number of amides is 1. The second-order valence-corrected chi connectivity index (χ2v) is 5.19. The van der Waals surface area contributed by atoms with Crippen molar-refractivity contribution in [1.82, 2.24) is 4.90 Å². The number of carbonyl (C=O) groups is 1. The predicted octanol–water partition coefficient (Wildman–Crippen LogP) is 1.40. The lowest BCUT2D eigenvalue weighted by Gasteiger charge is -2.35. The smallest absolute Gasteiger partial charge is 0.226 e. The standard InChI is InChI=1S/C12H21NO2/c1-8-7-9(8)12(15)13(2)10-5-3-4-6-11(10)14/h8-11,14H,3-7H2,1-2H3. The first-order valence-corrected chi connectivity index (χ1v) is 6.06. The van der Waals surface area contributed by atoms with Crippen LogP contribution in [0.25, 0.3) is 0 Å². The van der Waals surface area contributed by atoms with E-state index in [1.165, 1.54) is 0 Å². The zero-order valence-corrected chi connectivity index (χ0v) is 9.65. The van der Waals surface area contributed by atoms with Crippen molar-refractivity contribution in [2.75, 3.05) is 7.05 Å². The molecular formula is C12H21NO2. The number of hydrogen-bond acceptors (Lipinski definition) is 2. The van der Waals surface area contributed by atoms with E-state index in [9.17, 15) is 9.90 Å². The van der Waals surface area contributed by atoms with Crippen molar-refractivity contribution >= 4 is 5.91 Å². The maximum absolute atomic E-state index is 12.0. The molecule has 0 radical (unpaired) electrons. The Kier molecular flexibility index (Phi) is 3.01. The molecule has 15 heavy (non-hydrogen) atoms. The Balaban J connectivity index is 1.93. The van der Waals surface area contributed by atoms with Crippen molar-refractivity contribution in [3.8, 4) is 0 Å². The molecule has 2 aliphatic rings. The van der Waals surface area contributed by atoms with E-state index in [4.69, 9.17) is 0 Å². The Morgan fingerprint density at radius 1 is 1.33 bits per heavy atom. The fourth-order valence-electron chi connectivity index (χ4n) is 2.63. The number of hydrogen-bond donors (Lipinski definition) is 1. The molecule has 0 spiro atoms. The number of likely N-dealkylation sites (N-methyl/N-ethyl adjacent to an activating group) is 1. The molecule has 2 rings (SSSR count). The SMILES string of the molecule is CC1CC1C(=O)N(C)C1CCCCC1O. The van der Waals surface area contributed by atoms with Gasteiger partial charge >= 0.3 is 0 Å².